The molecule has 1 rings (SSSR count). The second-order valence-corrected chi connectivity index (χ2v) is 19.4. The monoisotopic (exact) mass is 932 g/mol. The molecule has 0 radical (unpaired) electrons. The van der Waals surface area contributed by atoms with E-state index in [0.29, 0.717) is 6.42 Å². The van der Waals surface area contributed by atoms with Crippen molar-refractivity contribution in [2.75, 3.05) is 13.2 Å². The van der Waals surface area contributed by atoms with Crippen LogP contribution in [0.5, 0.6) is 0 Å². The number of unbranched alkanes of at least 4 members (excludes halogenated alkanes) is 31. The number of rotatable bonds is 47. The van der Waals surface area contributed by atoms with E-state index in [4.69, 9.17) is 9.47 Å². The third kappa shape index (κ3) is 36.2. The molecule has 7 unspecified atom stereocenters. The van der Waals surface area contributed by atoms with E-state index in [0.717, 1.165) is 57.8 Å². The summed E-state index contributed by atoms with van der Waals surface area (Å²) in [7, 11) is 0. The van der Waals surface area contributed by atoms with Crippen LogP contribution in [0.2, 0.25) is 0 Å². The van der Waals surface area contributed by atoms with Gasteiger partial charge in [0.15, 0.2) is 6.29 Å². The van der Waals surface area contributed by atoms with E-state index in [-0.39, 0.29) is 12.5 Å². The van der Waals surface area contributed by atoms with Crippen molar-refractivity contribution in [3.8, 4) is 0 Å². The SMILES string of the molecule is CCCCCCCCC/C=C\CCCCCCCCCC(=O)NC(COC1OC(CO)C(O)C(O)C1O)C(O)/C=C/CC/C=C/CC/C=C/CCCCCCCCCCCCCCCCC. The minimum Gasteiger partial charge on any atom is -0.394 e. The Balaban J connectivity index is 2.29. The Morgan fingerprint density at radius 3 is 1.27 bits per heavy atom. The van der Waals surface area contributed by atoms with Gasteiger partial charge < -0.3 is 40.3 Å². The first kappa shape index (κ1) is 62.2. The highest BCUT2D eigenvalue weighted by atomic mass is 16.7. The molecule has 9 heteroatoms. The molecule has 0 aromatic heterocycles. The lowest BCUT2D eigenvalue weighted by atomic mass is 9.99. The molecule has 1 aliphatic heterocycles. The van der Waals surface area contributed by atoms with Crippen molar-refractivity contribution in [3.05, 3.63) is 48.6 Å². The fraction of sp³-hybridized carbons (Fsp3) is 0.842. The molecular weight excluding hydrogens is 827 g/mol. The highest BCUT2D eigenvalue weighted by Crippen LogP contribution is 2.23. The maximum absolute atomic E-state index is 13.0. The number of carbonyl (C=O) groups excluding carboxylic acids is 1. The van der Waals surface area contributed by atoms with Crippen LogP contribution in [0.25, 0.3) is 0 Å². The van der Waals surface area contributed by atoms with Crippen LogP contribution in [0.1, 0.15) is 251 Å². The van der Waals surface area contributed by atoms with Crippen LogP contribution in [0, 0.1) is 0 Å². The summed E-state index contributed by atoms with van der Waals surface area (Å²) in [6.45, 7) is 3.77. The van der Waals surface area contributed by atoms with Crippen LogP contribution in [-0.4, -0.2) is 87.5 Å². The molecule has 1 saturated heterocycles. The number of allylic oxidation sites excluding steroid dienone is 7. The molecule has 9 nitrogen and oxygen atoms in total. The van der Waals surface area contributed by atoms with Crippen molar-refractivity contribution < 1.29 is 39.8 Å². The summed E-state index contributed by atoms with van der Waals surface area (Å²) < 4.78 is 11.2. The second-order valence-electron chi connectivity index (χ2n) is 19.4. The number of hydrogen-bond acceptors (Lipinski definition) is 8. The van der Waals surface area contributed by atoms with Crippen molar-refractivity contribution in [2.45, 2.75) is 294 Å². The molecule has 0 bridgehead atoms. The Morgan fingerprint density at radius 1 is 0.500 bits per heavy atom. The van der Waals surface area contributed by atoms with Gasteiger partial charge in [0, 0.05) is 6.42 Å². The minimum atomic E-state index is -1.58. The Hall–Kier alpha value is -1.85. The van der Waals surface area contributed by atoms with Crippen molar-refractivity contribution in [1.82, 2.24) is 5.32 Å². The van der Waals surface area contributed by atoms with E-state index in [1.165, 1.54) is 173 Å². The summed E-state index contributed by atoms with van der Waals surface area (Å²) in [5, 5.41) is 54.4. The summed E-state index contributed by atoms with van der Waals surface area (Å²) in [5.74, 6) is -0.195. The van der Waals surface area contributed by atoms with Crippen molar-refractivity contribution in [1.29, 1.82) is 0 Å². The van der Waals surface area contributed by atoms with Gasteiger partial charge in [0.25, 0.3) is 0 Å². The molecule has 1 aliphatic rings. The van der Waals surface area contributed by atoms with Gasteiger partial charge in [-0.1, -0.05) is 223 Å². The van der Waals surface area contributed by atoms with Crippen LogP contribution in [0.15, 0.2) is 48.6 Å². The smallest absolute Gasteiger partial charge is 0.220 e. The molecule has 0 aromatic rings. The lowest BCUT2D eigenvalue weighted by Gasteiger charge is -2.40. The number of ether oxygens (including phenoxy) is 2. The van der Waals surface area contributed by atoms with Crippen LogP contribution in [0.4, 0.5) is 0 Å². The molecule has 7 atom stereocenters. The first-order valence-electron chi connectivity index (χ1n) is 27.9. The third-order valence-corrected chi connectivity index (χ3v) is 13.1. The molecular formula is C57H105NO8. The lowest BCUT2D eigenvalue weighted by Crippen LogP contribution is -2.60. The summed E-state index contributed by atoms with van der Waals surface area (Å²) in [6, 6.07) is -0.831. The molecule has 1 heterocycles. The van der Waals surface area contributed by atoms with Crippen LogP contribution < -0.4 is 5.32 Å². The van der Waals surface area contributed by atoms with Gasteiger partial charge in [-0.25, -0.2) is 0 Å². The molecule has 6 N–H and O–H groups in total. The van der Waals surface area contributed by atoms with Gasteiger partial charge in [-0.05, 0) is 70.6 Å². The highest BCUT2D eigenvalue weighted by molar-refractivity contribution is 5.76. The quantitative estimate of drug-likeness (QED) is 0.0261. The zero-order chi connectivity index (χ0) is 48.0. The molecule has 386 valence electrons. The van der Waals surface area contributed by atoms with Crippen molar-refractivity contribution in [2.24, 2.45) is 0 Å². The molecule has 0 aliphatic carbocycles. The molecule has 1 amide bonds. The number of nitrogens with one attached hydrogen (secondary N) is 1. The van der Waals surface area contributed by atoms with E-state index in [9.17, 15) is 30.3 Å². The Morgan fingerprint density at radius 2 is 0.864 bits per heavy atom. The first-order chi connectivity index (χ1) is 32.3. The Kier molecular flexibility index (Phi) is 44.1. The lowest BCUT2D eigenvalue weighted by molar-refractivity contribution is -0.302. The Bertz CT molecular complexity index is 1170. The maximum Gasteiger partial charge on any atom is 0.220 e. The van der Waals surface area contributed by atoms with Gasteiger partial charge in [0.1, 0.15) is 24.4 Å². The van der Waals surface area contributed by atoms with Gasteiger partial charge in [-0.2, -0.15) is 0 Å². The largest absolute Gasteiger partial charge is 0.394 e. The molecule has 0 saturated carbocycles. The normalized spacial score (nSPS) is 20.1. The first-order valence-corrected chi connectivity index (χ1v) is 27.9. The highest BCUT2D eigenvalue weighted by Gasteiger charge is 2.44. The Labute approximate surface area is 405 Å². The fourth-order valence-corrected chi connectivity index (χ4v) is 8.65. The predicted octanol–water partition coefficient (Wildman–Crippen LogP) is 13.3. The van der Waals surface area contributed by atoms with Gasteiger partial charge in [0.2, 0.25) is 5.91 Å². The van der Waals surface area contributed by atoms with Gasteiger partial charge in [-0.3, -0.25) is 4.79 Å². The van der Waals surface area contributed by atoms with Crippen LogP contribution >= 0.6 is 0 Å². The van der Waals surface area contributed by atoms with E-state index >= 15 is 0 Å². The number of carbonyl (C=O) groups is 1. The van der Waals surface area contributed by atoms with E-state index in [1.54, 1.807) is 6.08 Å². The minimum absolute atomic E-state index is 0.195. The van der Waals surface area contributed by atoms with Gasteiger partial charge in [-0.15, -0.1) is 0 Å². The number of amides is 1. The number of aliphatic hydroxyl groups excluding tert-OH is 5. The van der Waals surface area contributed by atoms with E-state index < -0.39 is 49.5 Å². The van der Waals surface area contributed by atoms with Crippen LogP contribution in [-0.2, 0) is 14.3 Å². The molecule has 0 spiro atoms. The zero-order valence-electron chi connectivity index (χ0n) is 42.7. The summed E-state index contributed by atoms with van der Waals surface area (Å²) in [4.78, 5) is 13.0. The fourth-order valence-electron chi connectivity index (χ4n) is 8.65. The molecule has 1 fully saturated rings. The number of aliphatic hydroxyl groups is 5. The number of hydrogen-bond donors (Lipinski definition) is 6. The zero-order valence-corrected chi connectivity index (χ0v) is 42.7. The van der Waals surface area contributed by atoms with E-state index in [2.05, 4.69) is 55.6 Å². The maximum atomic E-state index is 13.0. The standard InChI is InChI=1S/C57H105NO8/c1-3-5-7-9-11-13-15-17-19-21-23-24-25-26-27-28-29-30-32-34-36-38-40-42-44-46-51(60)50(49-65-57-56(64)55(63)54(62)52(48-59)66-57)58-53(61)47-45-43-41-39-37-35-33-31-22-20-18-16-14-12-10-8-6-4-2/h20,22,29-30,36,38,44,46,50-52,54-57,59-60,62-64H,3-19,21,23-28,31-35,37,39-43,45,47-49H2,1-2H3,(H,58,61)/b22-20-,30-29+,38-36+,46-44+. The van der Waals surface area contributed by atoms with Crippen LogP contribution in [0.3, 0.4) is 0 Å². The van der Waals surface area contributed by atoms with Crippen molar-refractivity contribution in [3.63, 3.8) is 0 Å². The summed E-state index contributed by atoms with van der Waals surface area (Å²) in [5.41, 5.74) is 0. The molecule has 66 heavy (non-hydrogen) atoms. The topological polar surface area (TPSA) is 149 Å². The van der Waals surface area contributed by atoms with Gasteiger partial charge >= 0.3 is 0 Å². The average Bonchev–Trinajstić information content (AvgIpc) is 3.32. The van der Waals surface area contributed by atoms with Crippen molar-refractivity contribution >= 4 is 5.91 Å². The average molecular weight is 932 g/mol. The third-order valence-electron chi connectivity index (χ3n) is 13.1. The predicted molar refractivity (Wildman–Crippen MR) is 276 cm³/mol. The molecule has 0 aromatic carbocycles. The summed E-state index contributed by atoms with van der Waals surface area (Å²) in [6.07, 6.45) is 54.6. The van der Waals surface area contributed by atoms with Gasteiger partial charge in [0.05, 0.1) is 25.4 Å². The second kappa shape index (κ2) is 46.9. The summed E-state index contributed by atoms with van der Waals surface area (Å²) >= 11 is 0. The van der Waals surface area contributed by atoms with E-state index in [1.807, 2.05) is 6.08 Å².